The number of nitrogens with two attached hydrogens (primary N) is 1. The average Bonchev–Trinajstić information content (AvgIpc) is 2.82. The predicted molar refractivity (Wildman–Crippen MR) is 143 cm³/mol. The van der Waals surface area contributed by atoms with Gasteiger partial charge >= 0.3 is 0 Å². The third-order valence-corrected chi connectivity index (χ3v) is 5.96. The molecule has 5 rings (SSSR count). The minimum absolute atomic E-state index is 0.244. The number of hydrogen-bond acceptors (Lipinski definition) is 3. The molecular formula is C30H33N3. The van der Waals surface area contributed by atoms with Crippen LogP contribution in [0.5, 0.6) is 0 Å². The summed E-state index contributed by atoms with van der Waals surface area (Å²) in [5.74, 6) is 0.674. The Hall–Kier alpha value is -3.72. The number of nitrogen functional groups attached to an aromatic ring is 1. The summed E-state index contributed by atoms with van der Waals surface area (Å²) in [6.45, 7) is 6.83. The Labute approximate surface area is 197 Å². The molecule has 33 heavy (non-hydrogen) atoms. The SMILES string of the molecule is CC1CC(C)(C)Nc2ccccc21.Nc1ccc(N(c2ccccc2)c2ccccc2)cc1. The Kier molecular flexibility index (Phi) is 6.69. The van der Waals surface area contributed by atoms with E-state index in [0.717, 1.165) is 22.7 Å². The molecule has 0 saturated carbocycles. The van der Waals surface area contributed by atoms with E-state index in [1.165, 1.54) is 17.7 Å². The van der Waals surface area contributed by atoms with E-state index in [0.29, 0.717) is 5.92 Å². The number of hydrogen-bond donors (Lipinski definition) is 2. The van der Waals surface area contributed by atoms with Crippen molar-refractivity contribution >= 4 is 28.4 Å². The fraction of sp³-hybridized carbons (Fsp3) is 0.200. The molecular weight excluding hydrogens is 402 g/mol. The fourth-order valence-corrected chi connectivity index (χ4v) is 4.56. The van der Waals surface area contributed by atoms with Crippen LogP contribution in [0, 0.1) is 0 Å². The molecule has 3 nitrogen and oxygen atoms in total. The van der Waals surface area contributed by atoms with Crippen molar-refractivity contribution in [3.8, 4) is 0 Å². The standard InChI is InChI=1S/C18H16N2.C12H17N/c19-15-11-13-18(14-12-15)20(16-7-3-1-4-8-16)17-9-5-2-6-10-17;1-9-8-12(2,3)13-11-7-5-4-6-10(9)11/h1-14H,19H2;4-7,9,13H,8H2,1-3H3. The van der Waals surface area contributed by atoms with Gasteiger partial charge in [-0.05, 0) is 86.3 Å². The summed E-state index contributed by atoms with van der Waals surface area (Å²) in [7, 11) is 0. The Morgan fingerprint density at radius 2 is 1.18 bits per heavy atom. The molecule has 0 fully saturated rings. The highest BCUT2D eigenvalue weighted by Gasteiger charge is 2.28. The van der Waals surface area contributed by atoms with Crippen LogP contribution in [-0.2, 0) is 0 Å². The molecule has 0 amide bonds. The molecule has 0 radical (unpaired) electrons. The van der Waals surface area contributed by atoms with Gasteiger partial charge in [-0.1, -0.05) is 61.5 Å². The third-order valence-electron chi connectivity index (χ3n) is 5.96. The normalized spacial score (nSPS) is 15.9. The molecule has 3 heteroatoms. The minimum Gasteiger partial charge on any atom is -0.399 e. The topological polar surface area (TPSA) is 41.3 Å². The van der Waals surface area contributed by atoms with Gasteiger partial charge in [0.25, 0.3) is 0 Å². The largest absolute Gasteiger partial charge is 0.399 e. The number of para-hydroxylation sites is 3. The van der Waals surface area contributed by atoms with E-state index in [1.807, 2.05) is 60.7 Å². The van der Waals surface area contributed by atoms with Crippen LogP contribution in [0.4, 0.5) is 28.4 Å². The second-order valence-electron chi connectivity index (χ2n) is 9.30. The van der Waals surface area contributed by atoms with Crippen LogP contribution >= 0.6 is 0 Å². The first-order valence-corrected chi connectivity index (χ1v) is 11.6. The van der Waals surface area contributed by atoms with Gasteiger partial charge in [0, 0.05) is 34.0 Å². The number of rotatable bonds is 3. The van der Waals surface area contributed by atoms with Crippen molar-refractivity contribution in [1.82, 2.24) is 0 Å². The third kappa shape index (κ3) is 5.56. The second kappa shape index (κ2) is 9.83. The van der Waals surface area contributed by atoms with E-state index in [9.17, 15) is 0 Å². The van der Waals surface area contributed by atoms with Gasteiger partial charge in [0.05, 0.1) is 0 Å². The molecule has 0 aromatic heterocycles. The van der Waals surface area contributed by atoms with E-state index >= 15 is 0 Å². The van der Waals surface area contributed by atoms with Crippen LogP contribution in [0.15, 0.2) is 109 Å². The Bertz CT molecular complexity index is 1110. The smallest absolute Gasteiger partial charge is 0.0463 e. The molecule has 1 aliphatic rings. The van der Waals surface area contributed by atoms with Crippen molar-refractivity contribution in [2.24, 2.45) is 0 Å². The maximum absolute atomic E-state index is 5.79. The van der Waals surface area contributed by atoms with Crippen LogP contribution in [0.1, 0.15) is 38.7 Å². The molecule has 1 aliphatic heterocycles. The molecule has 0 spiro atoms. The van der Waals surface area contributed by atoms with Crippen LogP contribution < -0.4 is 16.0 Å². The van der Waals surface area contributed by atoms with Crippen molar-refractivity contribution in [3.63, 3.8) is 0 Å². The van der Waals surface area contributed by atoms with Gasteiger partial charge in [-0.2, -0.15) is 0 Å². The molecule has 0 aliphatic carbocycles. The van der Waals surface area contributed by atoms with E-state index < -0.39 is 0 Å². The fourth-order valence-electron chi connectivity index (χ4n) is 4.56. The Morgan fingerprint density at radius 1 is 0.697 bits per heavy atom. The van der Waals surface area contributed by atoms with Crippen LogP contribution in [0.25, 0.3) is 0 Å². The first kappa shape index (κ1) is 22.5. The number of nitrogens with zero attached hydrogens (tertiary/aromatic N) is 1. The van der Waals surface area contributed by atoms with Gasteiger partial charge < -0.3 is 16.0 Å². The average molecular weight is 436 g/mol. The zero-order valence-corrected chi connectivity index (χ0v) is 19.7. The van der Waals surface area contributed by atoms with Crippen molar-refractivity contribution in [2.75, 3.05) is 16.0 Å². The van der Waals surface area contributed by atoms with E-state index in [2.05, 4.69) is 79.5 Å². The highest BCUT2D eigenvalue weighted by molar-refractivity contribution is 5.76. The van der Waals surface area contributed by atoms with Gasteiger partial charge in [-0.3, -0.25) is 0 Å². The predicted octanol–water partition coefficient (Wildman–Crippen LogP) is 8.12. The molecule has 0 bridgehead atoms. The van der Waals surface area contributed by atoms with Crippen molar-refractivity contribution in [2.45, 2.75) is 38.6 Å². The zero-order valence-electron chi connectivity index (χ0n) is 19.7. The van der Waals surface area contributed by atoms with Crippen LogP contribution in [0.3, 0.4) is 0 Å². The molecule has 0 saturated heterocycles. The molecule has 1 unspecified atom stereocenters. The summed E-state index contributed by atoms with van der Waals surface area (Å²) >= 11 is 0. The maximum Gasteiger partial charge on any atom is 0.0463 e. The van der Waals surface area contributed by atoms with Gasteiger partial charge in [-0.25, -0.2) is 0 Å². The molecule has 1 atom stereocenters. The highest BCUT2D eigenvalue weighted by Crippen LogP contribution is 2.38. The lowest BCUT2D eigenvalue weighted by atomic mass is 9.82. The summed E-state index contributed by atoms with van der Waals surface area (Å²) in [5.41, 5.74) is 12.9. The lowest BCUT2D eigenvalue weighted by Crippen LogP contribution is -2.36. The van der Waals surface area contributed by atoms with Gasteiger partial charge in [0.1, 0.15) is 0 Å². The summed E-state index contributed by atoms with van der Waals surface area (Å²) in [6, 6.07) is 37.2. The number of nitrogens with one attached hydrogen (secondary N) is 1. The van der Waals surface area contributed by atoms with Crippen molar-refractivity contribution < 1.29 is 0 Å². The first-order chi connectivity index (χ1) is 15.9. The van der Waals surface area contributed by atoms with Gasteiger partial charge in [-0.15, -0.1) is 0 Å². The Morgan fingerprint density at radius 3 is 1.76 bits per heavy atom. The molecule has 3 N–H and O–H groups in total. The van der Waals surface area contributed by atoms with Gasteiger partial charge in [0.15, 0.2) is 0 Å². The maximum atomic E-state index is 5.79. The summed E-state index contributed by atoms with van der Waals surface area (Å²) in [4.78, 5) is 2.21. The summed E-state index contributed by atoms with van der Waals surface area (Å²) in [5, 5.41) is 3.57. The number of benzene rings is 4. The highest BCUT2D eigenvalue weighted by atomic mass is 15.1. The minimum atomic E-state index is 0.244. The monoisotopic (exact) mass is 435 g/mol. The molecule has 168 valence electrons. The Balaban J connectivity index is 0.000000172. The number of anilines is 5. The summed E-state index contributed by atoms with van der Waals surface area (Å²) < 4.78 is 0. The molecule has 4 aromatic carbocycles. The first-order valence-electron chi connectivity index (χ1n) is 11.6. The van der Waals surface area contributed by atoms with Crippen LogP contribution in [0.2, 0.25) is 0 Å². The summed E-state index contributed by atoms with van der Waals surface area (Å²) in [6.07, 6.45) is 1.21. The van der Waals surface area contributed by atoms with E-state index in [-0.39, 0.29) is 5.54 Å². The van der Waals surface area contributed by atoms with Crippen LogP contribution in [-0.4, -0.2) is 5.54 Å². The second-order valence-corrected chi connectivity index (χ2v) is 9.30. The number of fused-ring (bicyclic) bond motifs is 1. The van der Waals surface area contributed by atoms with E-state index in [4.69, 9.17) is 5.73 Å². The van der Waals surface area contributed by atoms with E-state index in [1.54, 1.807) is 0 Å². The quantitative estimate of drug-likeness (QED) is 0.319. The van der Waals surface area contributed by atoms with Crippen molar-refractivity contribution in [3.05, 3.63) is 115 Å². The lowest BCUT2D eigenvalue weighted by Gasteiger charge is -2.37. The lowest BCUT2D eigenvalue weighted by molar-refractivity contribution is 0.454. The molecule has 1 heterocycles. The molecule has 4 aromatic rings. The zero-order chi connectivity index (χ0) is 23.3. The van der Waals surface area contributed by atoms with Gasteiger partial charge in [0.2, 0.25) is 0 Å². The van der Waals surface area contributed by atoms with Crippen molar-refractivity contribution in [1.29, 1.82) is 0 Å².